The van der Waals surface area contributed by atoms with E-state index in [2.05, 4.69) is 15.5 Å². The number of carbonyl (C=O) groups excluding carboxylic acids is 2. The molecule has 3 N–H and O–H groups in total. The van der Waals surface area contributed by atoms with Gasteiger partial charge in [0.15, 0.2) is 11.0 Å². The Morgan fingerprint density at radius 2 is 1.97 bits per heavy atom. The zero-order valence-electron chi connectivity index (χ0n) is 16.1. The van der Waals surface area contributed by atoms with Gasteiger partial charge >= 0.3 is 0 Å². The Morgan fingerprint density at radius 1 is 1.17 bits per heavy atom. The second-order valence-corrected chi connectivity index (χ2v) is 7.24. The van der Waals surface area contributed by atoms with Crippen LogP contribution in [-0.4, -0.2) is 39.4 Å². The van der Waals surface area contributed by atoms with E-state index in [1.807, 2.05) is 31.2 Å². The lowest BCUT2D eigenvalue weighted by atomic mass is 10.1. The van der Waals surface area contributed by atoms with Crippen molar-refractivity contribution in [3.8, 4) is 17.1 Å². The number of ether oxygens (including phenoxy) is 1. The monoisotopic (exact) mass is 411 g/mol. The number of primary amides is 1. The van der Waals surface area contributed by atoms with Crippen LogP contribution in [-0.2, 0) is 16.1 Å². The number of nitrogens with two attached hydrogens (primary N) is 1. The molecule has 0 aliphatic heterocycles. The van der Waals surface area contributed by atoms with Crippen LogP contribution in [0.2, 0.25) is 0 Å². The third-order valence-electron chi connectivity index (χ3n) is 3.99. The highest BCUT2D eigenvalue weighted by Crippen LogP contribution is 2.25. The summed E-state index contributed by atoms with van der Waals surface area (Å²) in [6.07, 6.45) is 0. The van der Waals surface area contributed by atoms with Crippen molar-refractivity contribution < 1.29 is 14.3 Å². The average molecular weight is 411 g/mol. The molecule has 3 aromatic rings. The van der Waals surface area contributed by atoms with Gasteiger partial charge < -0.3 is 15.8 Å². The number of benzene rings is 2. The molecule has 0 saturated carbocycles. The zero-order chi connectivity index (χ0) is 20.8. The molecule has 0 spiro atoms. The van der Waals surface area contributed by atoms with Crippen LogP contribution in [0.25, 0.3) is 11.4 Å². The second kappa shape index (κ2) is 9.24. The molecule has 0 bridgehead atoms. The standard InChI is InChI=1S/C20H21N5O3S/c1-13-5-3-6-14(9-13)19-23-24-20(25(19)11-17(21)26)29-12-18(27)22-15-7-4-8-16(10-15)28-2/h3-10H,11-12H2,1-2H3,(H2,21,26)(H,22,27). The van der Waals surface area contributed by atoms with Crippen LogP contribution in [0.3, 0.4) is 0 Å². The lowest BCUT2D eigenvalue weighted by molar-refractivity contribution is -0.118. The van der Waals surface area contributed by atoms with E-state index in [4.69, 9.17) is 10.5 Å². The van der Waals surface area contributed by atoms with Gasteiger partial charge in [0.05, 0.1) is 12.9 Å². The van der Waals surface area contributed by atoms with Crippen LogP contribution in [0.1, 0.15) is 5.56 Å². The number of carbonyl (C=O) groups is 2. The first-order chi connectivity index (χ1) is 14.0. The summed E-state index contributed by atoms with van der Waals surface area (Å²) in [5.41, 5.74) is 7.92. The fourth-order valence-electron chi connectivity index (χ4n) is 2.72. The fourth-order valence-corrected chi connectivity index (χ4v) is 3.46. The summed E-state index contributed by atoms with van der Waals surface area (Å²) in [6, 6.07) is 14.8. The SMILES string of the molecule is COc1cccc(NC(=O)CSc2nnc(-c3cccc(C)c3)n2CC(N)=O)c1. The Kier molecular flexibility index (Phi) is 6.50. The Bertz CT molecular complexity index is 1030. The number of nitrogens with zero attached hydrogens (tertiary/aromatic N) is 3. The van der Waals surface area contributed by atoms with Gasteiger partial charge in [-0.2, -0.15) is 0 Å². The molecule has 2 aromatic carbocycles. The first kappa shape index (κ1) is 20.4. The Morgan fingerprint density at radius 3 is 2.69 bits per heavy atom. The van der Waals surface area contributed by atoms with Crippen LogP contribution in [0.15, 0.2) is 53.7 Å². The van der Waals surface area contributed by atoms with Gasteiger partial charge in [-0.1, -0.05) is 41.6 Å². The second-order valence-electron chi connectivity index (χ2n) is 6.30. The van der Waals surface area contributed by atoms with E-state index in [-0.39, 0.29) is 18.2 Å². The highest BCUT2D eigenvalue weighted by Gasteiger charge is 2.17. The zero-order valence-corrected chi connectivity index (χ0v) is 16.9. The van der Waals surface area contributed by atoms with E-state index in [0.29, 0.717) is 22.4 Å². The highest BCUT2D eigenvalue weighted by molar-refractivity contribution is 7.99. The summed E-state index contributed by atoms with van der Waals surface area (Å²) < 4.78 is 6.78. The van der Waals surface area contributed by atoms with Gasteiger partial charge in [-0.05, 0) is 25.1 Å². The lowest BCUT2D eigenvalue weighted by Gasteiger charge is -2.09. The van der Waals surface area contributed by atoms with E-state index in [9.17, 15) is 9.59 Å². The van der Waals surface area contributed by atoms with E-state index in [1.165, 1.54) is 11.8 Å². The molecule has 2 amide bonds. The molecule has 8 nitrogen and oxygen atoms in total. The van der Waals surface area contributed by atoms with Crippen molar-refractivity contribution in [1.29, 1.82) is 0 Å². The molecule has 29 heavy (non-hydrogen) atoms. The third kappa shape index (κ3) is 5.35. The molecule has 0 aliphatic carbocycles. The largest absolute Gasteiger partial charge is 0.497 e. The maximum atomic E-state index is 12.3. The van der Waals surface area contributed by atoms with Crippen molar-refractivity contribution in [1.82, 2.24) is 14.8 Å². The van der Waals surface area contributed by atoms with Crippen molar-refractivity contribution in [2.24, 2.45) is 5.73 Å². The van der Waals surface area contributed by atoms with E-state index in [1.54, 1.807) is 35.9 Å². The topological polar surface area (TPSA) is 112 Å². The predicted molar refractivity (Wildman–Crippen MR) is 112 cm³/mol. The quantitative estimate of drug-likeness (QED) is 0.551. The van der Waals surface area contributed by atoms with Gasteiger partial charge in [0, 0.05) is 17.3 Å². The highest BCUT2D eigenvalue weighted by atomic mass is 32.2. The van der Waals surface area contributed by atoms with Crippen molar-refractivity contribution in [3.05, 3.63) is 54.1 Å². The van der Waals surface area contributed by atoms with Crippen LogP contribution >= 0.6 is 11.8 Å². The molecule has 0 aliphatic rings. The lowest BCUT2D eigenvalue weighted by Crippen LogP contribution is -2.20. The van der Waals surface area contributed by atoms with Crippen LogP contribution < -0.4 is 15.8 Å². The predicted octanol–water partition coefficient (Wildman–Crippen LogP) is 2.48. The molecule has 150 valence electrons. The van der Waals surface area contributed by atoms with Crippen LogP contribution in [0.4, 0.5) is 5.69 Å². The summed E-state index contributed by atoms with van der Waals surface area (Å²) in [7, 11) is 1.56. The number of aryl methyl sites for hydroxylation is 1. The number of anilines is 1. The molecule has 0 radical (unpaired) electrons. The molecule has 0 fully saturated rings. The number of rotatable bonds is 8. The third-order valence-corrected chi connectivity index (χ3v) is 4.96. The molecular weight excluding hydrogens is 390 g/mol. The smallest absolute Gasteiger partial charge is 0.237 e. The maximum absolute atomic E-state index is 12.3. The van der Waals surface area contributed by atoms with Crippen molar-refractivity contribution in [3.63, 3.8) is 0 Å². The number of methoxy groups -OCH3 is 1. The van der Waals surface area contributed by atoms with Crippen molar-refractivity contribution >= 4 is 29.3 Å². The van der Waals surface area contributed by atoms with Crippen LogP contribution in [0.5, 0.6) is 5.75 Å². The number of hydrogen-bond donors (Lipinski definition) is 2. The number of thioether (sulfide) groups is 1. The molecule has 3 rings (SSSR count). The number of hydrogen-bond acceptors (Lipinski definition) is 6. The Labute approximate surface area is 172 Å². The molecule has 1 aromatic heterocycles. The molecule has 9 heteroatoms. The minimum Gasteiger partial charge on any atom is -0.497 e. The number of nitrogens with one attached hydrogen (secondary N) is 1. The van der Waals surface area contributed by atoms with Gasteiger partial charge in [0.2, 0.25) is 11.8 Å². The summed E-state index contributed by atoms with van der Waals surface area (Å²) in [5.74, 6) is 0.556. The van der Waals surface area contributed by atoms with Crippen molar-refractivity contribution in [2.45, 2.75) is 18.6 Å². The number of aromatic nitrogens is 3. The molecule has 0 saturated heterocycles. The Balaban J connectivity index is 1.74. The Hall–Kier alpha value is -3.33. The van der Waals surface area contributed by atoms with E-state index >= 15 is 0 Å². The van der Waals surface area contributed by atoms with Crippen LogP contribution in [0, 0.1) is 6.92 Å². The summed E-state index contributed by atoms with van der Waals surface area (Å²) in [6.45, 7) is 1.90. The van der Waals surface area contributed by atoms with Gasteiger partial charge in [0.25, 0.3) is 0 Å². The minimum absolute atomic E-state index is 0.0733. The first-order valence-corrected chi connectivity index (χ1v) is 9.80. The normalized spacial score (nSPS) is 10.6. The average Bonchev–Trinajstić information content (AvgIpc) is 3.08. The number of amides is 2. The maximum Gasteiger partial charge on any atom is 0.237 e. The molecule has 1 heterocycles. The van der Waals surface area contributed by atoms with Crippen molar-refractivity contribution in [2.75, 3.05) is 18.2 Å². The summed E-state index contributed by atoms with van der Waals surface area (Å²) in [5, 5.41) is 11.6. The molecule has 0 unspecified atom stereocenters. The van der Waals surface area contributed by atoms with E-state index in [0.717, 1.165) is 11.1 Å². The van der Waals surface area contributed by atoms with Gasteiger partial charge in [-0.15, -0.1) is 10.2 Å². The van der Waals surface area contributed by atoms with Gasteiger partial charge in [0.1, 0.15) is 12.3 Å². The van der Waals surface area contributed by atoms with E-state index < -0.39 is 5.91 Å². The minimum atomic E-state index is -0.513. The van der Waals surface area contributed by atoms with Gasteiger partial charge in [-0.25, -0.2) is 0 Å². The molecule has 0 atom stereocenters. The summed E-state index contributed by atoms with van der Waals surface area (Å²) >= 11 is 1.18. The first-order valence-electron chi connectivity index (χ1n) is 8.81. The fraction of sp³-hybridized carbons (Fsp3) is 0.200. The molecular formula is C20H21N5O3S. The van der Waals surface area contributed by atoms with Gasteiger partial charge in [-0.3, -0.25) is 14.2 Å². The summed E-state index contributed by atoms with van der Waals surface area (Å²) in [4.78, 5) is 23.9.